The van der Waals surface area contributed by atoms with Crippen LogP contribution < -0.4 is 0 Å². The monoisotopic (exact) mass is 746 g/mol. The van der Waals surface area contributed by atoms with E-state index < -0.39 is 10.0 Å². The molecule has 0 aliphatic rings. The van der Waals surface area contributed by atoms with E-state index >= 15 is 0 Å². The molecule has 2 heterocycles. The Balaban J connectivity index is 1.13. The van der Waals surface area contributed by atoms with Crippen LogP contribution in [-0.2, 0) is 0 Å². The average Bonchev–Trinajstić information content (AvgIpc) is 3.81. The molecule has 0 saturated carbocycles. The molecule has 0 atom stereocenters. The van der Waals surface area contributed by atoms with Gasteiger partial charge in [-0.15, -0.1) is 10.0 Å². The highest BCUT2D eigenvalue weighted by Gasteiger charge is 2.33. The van der Waals surface area contributed by atoms with Crippen LogP contribution >= 0.6 is 10.0 Å². The van der Waals surface area contributed by atoms with Gasteiger partial charge < -0.3 is 9.13 Å². The van der Waals surface area contributed by atoms with Crippen LogP contribution in [0.5, 0.6) is 0 Å². The summed E-state index contributed by atoms with van der Waals surface area (Å²) in [5.41, 5.74) is 9.52. The van der Waals surface area contributed by atoms with E-state index in [1.54, 1.807) is 0 Å². The zero-order valence-electron chi connectivity index (χ0n) is 31.2. The largest absolute Gasteiger partial charge is 0.309 e. The minimum Gasteiger partial charge on any atom is -0.309 e. The highest BCUT2D eigenvalue weighted by molar-refractivity contribution is 8.34. The van der Waals surface area contributed by atoms with Gasteiger partial charge in [0.05, 0.1) is 22.1 Å². The van der Waals surface area contributed by atoms with Crippen molar-refractivity contribution in [2.75, 3.05) is 0 Å². The topological polar surface area (TPSA) is 9.86 Å². The molecular weight excluding hydrogens is 709 g/mol. The average molecular weight is 747 g/mol. The van der Waals surface area contributed by atoms with Gasteiger partial charge in [-0.05, 0) is 102 Å². The van der Waals surface area contributed by atoms with E-state index in [0.717, 1.165) is 11.4 Å². The predicted octanol–water partition coefficient (Wildman–Crippen LogP) is 14.9. The summed E-state index contributed by atoms with van der Waals surface area (Å²) in [6.45, 7) is 0. The quantitative estimate of drug-likeness (QED) is 0.154. The molecule has 0 spiro atoms. The van der Waals surface area contributed by atoms with E-state index in [1.165, 1.54) is 74.3 Å². The molecule has 57 heavy (non-hydrogen) atoms. The summed E-state index contributed by atoms with van der Waals surface area (Å²) in [6, 6.07) is 84.7. The maximum atomic E-state index is 2.45. The molecule has 2 aromatic heterocycles. The van der Waals surface area contributed by atoms with Crippen molar-refractivity contribution >= 4 is 53.6 Å². The fourth-order valence-electron chi connectivity index (χ4n) is 9.02. The lowest BCUT2D eigenvalue weighted by Crippen LogP contribution is -2.05. The minimum atomic E-state index is -1.80. The summed E-state index contributed by atoms with van der Waals surface area (Å²) in [5.74, 6) is 0. The van der Waals surface area contributed by atoms with Crippen LogP contribution in [0.3, 0.4) is 0 Å². The Morgan fingerprint density at radius 1 is 0.281 bits per heavy atom. The van der Waals surface area contributed by atoms with Gasteiger partial charge in [-0.1, -0.05) is 140 Å². The summed E-state index contributed by atoms with van der Waals surface area (Å²) < 4.78 is 4.89. The van der Waals surface area contributed by atoms with Gasteiger partial charge in [0.2, 0.25) is 0 Å². The zero-order chi connectivity index (χ0) is 37.8. The number of aromatic nitrogens is 2. The van der Waals surface area contributed by atoms with Crippen molar-refractivity contribution in [1.82, 2.24) is 9.13 Å². The van der Waals surface area contributed by atoms with Gasteiger partial charge in [0.25, 0.3) is 0 Å². The maximum absolute atomic E-state index is 2.45. The van der Waals surface area contributed by atoms with Crippen LogP contribution in [0.2, 0.25) is 0 Å². The molecule has 3 heteroatoms. The summed E-state index contributed by atoms with van der Waals surface area (Å²) >= 11 is 0. The number of fused-ring (bicyclic) bond motifs is 6. The standard InChI is InChI=1S/C54H38N2S/c1-5-18-39(19-6-1)46-28-17-31-52-54(46)49-27-14-16-30-51(49)56(52)41-34-37-48-47-26-13-15-29-50(47)55(53(48)38-41)40-32-35-45(36-33-40)57(42-20-7-2-8-21-42,43-22-9-3-10-23-43)44-24-11-4-12-25-44/h1-38H. The van der Waals surface area contributed by atoms with Gasteiger partial charge in [-0.2, -0.15) is 0 Å². The number of hydrogen-bond acceptors (Lipinski definition) is 0. The molecule has 0 radical (unpaired) electrons. The normalized spacial score (nSPS) is 12.1. The number of hydrogen-bond donors (Lipinski definition) is 0. The first kappa shape index (κ1) is 33.3. The third kappa shape index (κ3) is 5.20. The Kier molecular flexibility index (Phi) is 7.94. The molecular formula is C54H38N2S. The van der Waals surface area contributed by atoms with Crippen molar-refractivity contribution in [3.05, 3.63) is 231 Å². The first-order valence-electron chi connectivity index (χ1n) is 19.5. The highest BCUT2D eigenvalue weighted by atomic mass is 32.3. The van der Waals surface area contributed by atoms with Gasteiger partial charge in [0.15, 0.2) is 0 Å². The number of para-hydroxylation sites is 2. The van der Waals surface area contributed by atoms with Crippen molar-refractivity contribution in [3.8, 4) is 22.5 Å². The molecule has 2 nitrogen and oxygen atoms in total. The third-order valence-corrected chi connectivity index (χ3v) is 15.4. The minimum absolute atomic E-state index is 1.14. The van der Waals surface area contributed by atoms with E-state index in [4.69, 9.17) is 0 Å². The number of benzene rings is 9. The lowest BCUT2D eigenvalue weighted by atomic mass is 9.99. The van der Waals surface area contributed by atoms with Crippen molar-refractivity contribution in [2.45, 2.75) is 19.6 Å². The molecule has 0 aliphatic heterocycles. The van der Waals surface area contributed by atoms with E-state index in [1.807, 2.05) is 0 Å². The molecule has 0 saturated heterocycles. The lowest BCUT2D eigenvalue weighted by Gasteiger charge is -2.42. The van der Waals surface area contributed by atoms with E-state index in [2.05, 4.69) is 240 Å². The lowest BCUT2D eigenvalue weighted by molar-refractivity contribution is 1.14. The molecule has 9 aromatic carbocycles. The van der Waals surface area contributed by atoms with Crippen LogP contribution in [0.4, 0.5) is 0 Å². The Labute approximate surface area is 333 Å². The molecule has 0 unspecified atom stereocenters. The second kappa shape index (κ2) is 13.6. The molecule has 11 aromatic rings. The van der Waals surface area contributed by atoms with Crippen LogP contribution in [0.15, 0.2) is 250 Å². The molecule has 0 amide bonds. The van der Waals surface area contributed by atoms with Crippen LogP contribution in [0.1, 0.15) is 0 Å². The SMILES string of the molecule is c1ccc(-c2cccc3c2c2ccccc2n3-c2ccc3c4ccccc4n(-c4ccc(S(c5ccccc5)(c5ccccc5)c5ccccc5)cc4)c3c2)cc1. The van der Waals surface area contributed by atoms with Gasteiger partial charge in [0.1, 0.15) is 0 Å². The first-order valence-corrected chi connectivity index (χ1v) is 21.1. The van der Waals surface area contributed by atoms with Crippen molar-refractivity contribution < 1.29 is 0 Å². The molecule has 0 bridgehead atoms. The maximum Gasteiger partial charge on any atom is 0.0561 e. The van der Waals surface area contributed by atoms with Crippen LogP contribution in [0.25, 0.3) is 66.1 Å². The third-order valence-electron chi connectivity index (χ3n) is 11.4. The highest BCUT2D eigenvalue weighted by Crippen LogP contribution is 2.73. The van der Waals surface area contributed by atoms with Crippen LogP contribution in [-0.4, -0.2) is 9.13 Å². The molecule has 270 valence electrons. The first-order chi connectivity index (χ1) is 28.3. The number of rotatable bonds is 7. The summed E-state index contributed by atoms with van der Waals surface area (Å²) in [6.07, 6.45) is 0. The Morgan fingerprint density at radius 3 is 1.33 bits per heavy atom. The van der Waals surface area contributed by atoms with E-state index in [-0.39, 0.29) is 0 Å². The molecule has 0 fully saturated rings. The summed E-state index contributed by atoms with van der Waals surface area (Å²) in [5, 5.41) is 5.01. The fourth-order valence-corrected chi connectivity index (χ4v) is 12.9. The van der Waals surface area contributed by atoms with Gasteiger partial charge in [-0.25, -0.2) is 0 Å². The van der Waals surface area contributed by atoms with Crippen molar-refractivity contribution in [1.29, 1.82) is 0 Å². The van der Waals surface area contributed by atoms with Gasteiger partial charge >= 0.3 is 0 Å². The van der Waals surface area contributed by atoms with Gasteiger partial charge in [0, 0.05) is 52.5 Å². The summed E-state index contributed by atoms with van der Waals surface area (Å²) in [7, 11) is -1.80. The van der Waals surface area contributed by atoms with Crippen LogP contribution in [0, 0.1) is 0 Å². The Morgan fingerprint density at radius 2 is 0.719 bits per heavy atom. The second-order valence-corrected chi connectivity index (χ2v) is 17.6. The predicted molar refractivity (Wildman–Crippen MR) is 241 cm³/mol. The Hall–Kier alpha value is -7.07. The molecule has 0 aliphatic carbocycles. The van der Waals surface area contributed by atoms with Gasteiger partial charge in [-0.3, -0.25) is 0 Å². The van der Waals surface area contributed by atoms with E-state index in [9.17, 15) is 0 Å². The zero-order valence-corrected chi connectivity index (χ0v) is 32.1. The Bertz CT molecular complexity index is 3100. The summed E-state index contributed by atoms with van der Waals surface area (Å²) in [4.78, 5) is 5.26. The van der Waals surface area contributed by atoms with Crippen molar-refractivity contribution in [3.63, 3.8) is 0 Å². The van der Waals surface area contributed by atoms with Crippen molar-refractivity contribution in [2.24, 2.45) is 0 Å². The molecule has 0 N–H and O–H groups in total. The van der Waals surface area contributed by atoms with E-state index in [0.29, 0.717) is 0 Å². The fraction of sp³-hybridized carbons (Fsp3) is 0. The molecule has 11 rings (SSSR count). The smallest absolute Gasteiger partial charge is 0.0561 e. The number of nitrogens with zero attached hydrogens (tertiary/aromatic N) is 2. The second-order valence-electron chi connectivity index (χ2n) is 14.5.